The van der Waals surface area contributed by atoms with Crippen LogP contribution in [-0.4, -0.2) is 16.1 Å². The Bertz CT molecular complexity index is 891. The lowest BCUT2D eigenvalue weighted by molar-refractivity contribution is 0.0944. The van der Waals surface area contributed by atoms with Gasteiger partial charge in [-0.15, -0.1) is 0 Å². The van der Waals surface area contributed by atoms with Crippen LogP contribution in [0, 0.1) is 0 Å². The van der Waals surface area contributed by atoms with Gasteiger partial charge in [-0.25, -0.2) is 0 Å². The number of amides is 1. The van der Waals surface area contributed by atoms with Crippen LogP contribution >= 0.6 is 11.6 Å². The molecule has 0 aliphatic carbocycles. The minimum Gasteiger partial charge on any atom is -0.346 e. The number of H-pyrrole nitrogens is 1. The average Bonchev–Trinajstić information content (AvgIpc) is 2.55. The van der Waals surface area contributed by atoms with Crippen LogP contribution in [0.5, 0.6) is 0 Å². The molecule has 1 amide bonds. The summed E-state index contributed by atoms with van der Waals surface area (Å²) in [6.45, 7) is 0.328. The molecule has 0 saturated carbocycles. The Morgan fingerprint density at radius 2 is 1.91 bits per heavy atom. The van der Waals surface area contributed by atoms with E-state index in [2.05, 4.69) is 15.5 Å². The van der Waals surface area contributed by atoms with E-state index in [0.717, 1.165) is 5.56 Å². The smallest absolute Gasteiger partial charge is 0.276 e. The third-order valence-electron chi connectivity index (χ3n) is 3.26. The molecule has 2 N–H and O–H groups in total. The largest absolute Gasteiger partial charge is 0.346 e. The van der Waals surface area contributed by atoms with E-state index in [1.165, 1.54) is 0 Å². The van der Waals surface area contributed by atoms with Gasteiger partial charge in [0, 0.05) is 6.54 Å². The van der Waals surface area contributed by atoms with Crippen molar-refractivity contribution in [2.45, 2.75) is 6.54 Å². The lowest BCUT2D eigenvalue weighted by Crippen LogP contribution is -2.30. The SMILES string of the molecule is O=C(NCc1ccccc1)c1n[nH]c2c(Cl)cccc2c1=O. The lowest BCUT2D eigenvalue weighted by Gasteiger charge is -2.05. The number of benzene rings is 2. The predicted molar refractivity (Wildman–Crippen MR) is 85.0 cm³/mol. The van der Waals surface area contributed by atoms with Crippen LogP contribution in [0.3, 0.4) is 0 Å². The van der Waals surface area contributed by atoms with Crippen LogP contribution in [-0.2, 0) is 6.54 Å². The van der Waals surface area contributed by atoms with Gasteiger partial charge in [-0.2, -0.15) is 5.10 Å². The standard InChI is InChI=1S/C16H12ClN3O2/c17-12-8-4-7-11-13(12)19-20-14(15(11)21)16(22)18-9-10-5-2-1-3-6-10/h1-8H,9H2,(H,18,22)(H,19,21). The quantitative estimate of drug-likeness (QED) is 0.780. The summed E-state index contributed by atoms with van der Waals surface area (Å²) in [5.74, 6) is -0.521. The van der Waals surface area contributed by atoms with Crippen molar-refractivity contribution in [1.82, 2.24) is 15.5 Å². The molecule has 0 saturated heterocycles. The summed E-state index contributed by atoms with van der Waals surface area (Å²) in [6, 6.07) is 14.3. The number of para-hydroxylation sites is 1. The Balaban J connectivity index is 1.88. The van der Waals surface area contributed by atoms with Gasteiger partial charge in [0.15, 0.2) is 5.69 Å². The van der Waals surface area contributed by atoms with Gasteiger partial charge < -0.3 is 5.32 Å². The second-order valence-electron chi connectivity index (χ2n) is 4.73. The highest BCUT2D eigenvalue weighted by molar-refractivity contribution is 6.35. The zero-order chi connectivity index (χ0) is 15.5. The van der Waals surface area contributed by atoms with Crippen LogP contribution in [0.4, 0.5) is 0 Å². The maximum Gasteiger partial charge on any atom is 0.276 e. The number of carbonyl (C=O) groups is 1. The first-order chi connectivity index (χ1) is 10.7. The van der Waals surface area contributed by atoms with Crippen LogP contribution in [0.25, 0.3) is 10.9 Å². The number of aromatic nitrogens is 2. The molecule has 0 bridgehead atoms. The molecule has 22 heavy (non-hydrogen) atoms. The number of halogens is 1. The van der Waals surface area contributed by atoms with Crippen molar-refractivity contribution in [2.75, 3.05) is 0 Å². The molecule has 5 nitrogen and oxygen atoms in total. The van der Waals surface area contributed by atoms with E-state index in [1.807, 2.05) is 30.3 Å². The van der Waals surface area contributed by atoms with E-state index in [1.54, 1.807) is 18.2 Å². The number of rotatable bonds is 3. The fourth-order valence-electron chi connectivity index (χ4n) is 2.13. The van der Waals surface area contributed by atoms with Gasteiger partial charge in [-0.05, 0) is 17.7 Å². The molecule has 0 spiro atoms. The first-order valence-corrected chi connectivity index (χ1v) is 7.03. The van der Waals surface area contributed by atoms with Crippen molar-refractivity contribution < 1.29 is 4.79 Å². The molecule has 6 heteroatoms. The van der Waals surface area contributed by atoms with Gasteiger partial charge in [0.25, 0.3) is 5.91 Å². The van der Waals surface area contributed by atoms with Gasteiger partial charge in [0.05, 0.1) is 15.9 Å². The summed E-state index contributed by atoms with van der Waals surface area (Å²) in [6.07, 6.45) is 0. The average molecular weight is 314 g/mol. The highest BCUT2D eigenvalue weighted by Crippen LogP contribution is 2.17. The Kier molecular flexibility index (Phi) is 3.89. The van der Waals surface area contributed by atoms with E-state index in [9.17, 15) is 9.59 Å². The molecule has 1 heterocycles. The third-order valence-corrected chi connectivity index (χ3v) is 3.58. The molecule has 2 aromatic carbocycles. The van der Waals surface area contributed by atoms with Crippen LogP contribution < -0.4 is 10.7 Å². The Morgan fingerprint density at radius 1 is 1.14 bits per heavy atom. The summed E-state index contributed by atoms with van der Waals surface area (Å²) in [7, 11) is 0. The number of aromatic amines is 1. The molecule has 1 aromatic heterocycles. The number of nitrogens with zero attached hydrogens (tertiary/aromatic N) is 1. The summed E-state index contributed by atoms with van der Waals surface area (Å²) < 4.78 is 0. The highest BCUT2D eigenvalue weighted by Gasteiger charge is 2.15. The normalized spacial score (nSPS) is 10.6. The Labute approximate surface area is 130 Å². The Morgan fingerprint density at radius 3 is 2.68 bits per heavy atom. The molecule has 110 valence electrons. The predicted octanol–water partition coefficient (Wildman–Crippen LogP) is 2.51. The van der Waals surface area contributed by atoms with E-state index >= 15 is 0 Å². The van der Waals surface area contributed by atoms with Crippen LogP contribution in [0.15, 0.2) is 53.3 Å². The van der Waals surface area contributed by atoms with E-state index < -0.39 is 11.3 Å². The Hall–Kier alpha value is -2.66. The zero-order valence-corrected chi connectivity index (χ0v) is 12.2. The van der Waals surface area contributed by atoms with Gasteiger partial charge in [-0.1, -0.05) is 48.0 Å². The summed E-state index contributed by atoms with van der Waals surface area (Å²) in [5.41, 5.74) is 0.748. The van der Waals surface area contributed by atoms with Crippen molar-refractivity contribution in [3.8, 4) is 0 Å². The lowest BCUT2D eigenvalue weighted by atomic mass is 10.2. The van der Waals surface area contributed by atoms with Crippen LogP contribution in [0.2, 0.25) is 5.02 Å². The van der Waals surface area contributed by atoms with Crippen molar-refractivity contribution in [1.29, 1.82) is 0 Å². The maximum absolute atomic E-state index is 12.3. The molecule has 3 aromatic rings. The highest BCUT2D eigenvalue weighted by atomic mass is 35.5. The van der Waals surface area contributed by atoms with E-state index in [-0.39, 0.29) is 5.69 Å². The van der Waals surface area contributed by atoms with E-state index in [0.29, 0.717) is 22.5 Å². The minimum absolute atomic E-state index is 0.175. The fourth-order valence-corrected chi connectivity index (χ4v) is 2.35. The molecular formula is C16H12ClN3O2. The maximum atomic E-state index is 12.3. The monoisotopic (exact) mass is 313 g/mol. The molecule has 0 radical (unpaired) electrons. The van der Waals surface area contributed by atoms with Crippen molar-refractivity contribution >= 4 is 28.4 Å². The number of hydrogen-bond donors (Lipinski definition) is 2. The van der Waals surface area contributed by atoms with Gasteiger partial charge in [-0.3, -0.25) is 14.7 Å². The molecule has 3 rings (SSSR count). The molecule has 0 atom stereocenters. The number of fused-ring (bicyclic) bond motifs is 1. The fraction of sp³-hybridized carbons (Fsp3) is 0.0625. The number of hydrogen-bond acceptors (Lipinski definition) is 3. The van der Waals surface area contributed by atoms with Gasteiger partial charge in [0.1, 0.15) is 0 Å². The minimum atomic E-state index is -0.521. The zero-order valence-electron chi connectivity index (χ0n) is 11.5. The van der Waals surface area contributed by atoms with Gasteiger partial charge >= 0.3 is 0 Å². The first-order valence-electron chi connectivity index (χ1n) is 6.66. The summed E-state index contributed by atoms with van der Waals surface area (Å²) in [5, 5.41) is 9.92. The molecule has 0 unspecified atom stereocenters. The van der Waals surface area contributed by atoms with Crippen LogP contribution in [0.1, 0.15) is 16.1 Å². The molecule has 0 aliphatic rings. The van der Waals surface area contributed by atoms with Gasteiger partial charge in [0.2, 0.25) is 5.43 Å². The summed E-state index contributed by atoms with van der Waals surface area (Å²) >= 11 is 5.99. The second-order valence-corrected chi connectivity index (χ2v) is 5.14. The first kappa shape index (κ1) is 14.3. The number of carbonyl (C=O) groups excluding carboxylic acids is 1. The molecule has 0 fully saturated rings. The molecular weight excluding hydrogens is 302 g/mol. The third kappa shape index (κ3) is 2.71. The second kappa shape index (κ2) is 5.99. The van der Waals surface area contributed by atoms with Crippen molar-refractivity contribution in [2.24, 2.45) is 0 Å². The van der Waals surface area contributed by atoms with Crippen molar-refractivity contribution in [3.63, 3.8) is 0 Å². The topological polar surface area (TPSA) is 74.8 Å². The van der Waals surface area contributed by atoms with Crippen molar-refractivity contribution in [3.05, 3.63) is 75.0 Å². The van der Waals surface area contributed by atoms with E-state index in [4.69, 9.17) is 11.6 Å². The number of nitrogens with one attached hydrogen (secondary N) is 2. The molecule has 0 aliphatic heterocycles. The summed E-state index contributed by atoms with van der Waals surface area (Å²) in [4.78, 5) is 24.5.